The molecule has 1 N–H and O–H groups in total. The number of nitrogens with zero attached hydrogens (tertiary/aromatic N) is 4. The Morgan fingerprint density at radius 2 is 2.50 bits per heavy atom. The summed E-state index contributed by atoms with van der Waals surface area (Å²) in [6.45, 7) is 1.89. The molecule has 1 aliphatic rings. The highest BCUT2D eigenvalue weighted by atomic mass is 16.4. The summed E-state index contributed by atoms with van der Waals surface area (Å²) >= 11 is 0. The highest BCUT2D eigenvalue weighted by Crippen LogP contribution is 2.47. The number of hydrogen-bond donors (Lipinski definition) is 1. The van der Waals surface area contributed by atoms with Crippen LogP contribution in [-0.4, -0.2) is 26.0 Å². The molecule has 16 heavy (non-hydrogen) atoms. The zero-order chi connectivity index (χ0) is 11.1. The lowest BCUT2D eigenvalue weighted by Crippen LogP contribution is -1.93. The van der Waals surface area contributed by atoms with Crippen LogP contribution >= 0.6 is 0 Å². The van der Waals surface area contributed by atoms with E-state index < -0.39 is 0 Å². The quantitative estimate of drug-likeness (QED) is 0.471. The lowest BCUT2D eigenvalue weighted by Gasteiger charge is -1.99. The van der Waals surface area contributed by atoms with Gasteiger partial charge < -0.3 is 5.21 Å². The number of hydrogen-bond acceptors (Lipinski definition) is 4. The third-order valence-electron chi connectivity index (χ3n) is 3.00. The molecular weight excluding hydrogens is 204 g/mol. The first-order valence-corrected chi connectivity index (χ1v) is 5.29. The van der Waals surface area contributed by atoms with Gasteiger partial charge in [0.1, 0.15) is 5.82 Å². The minimum Gasteiger partial charge on any atom is -0.411 e. The summed E-state index contributed by atoms with van der Waals surface area (Å²) in [5.41, 5.74) is 2.10. The molecule has 0 aromatic carbocycles. The van der Waals surface area contributed by atoms with E-state index in [9.17, 15) is 0 Å². The van der Waals surface area contributed by atoms with Crippen molar-refractivity contribution in [2.24, 2.45) is 11.1 Å². The molecule has 5 nitrogen and oxygen atoms in total. The fraction of sp³-hybridized carbons (Fsp3) is 0.364. The van der Waals surface area contributed by atoms with Crippen LogP contribution in [0, 0.1) is 12.8 Å². The second kappa shape index (κ2) is 3.30. The molecule has 1 saturated carbocycles. The molecule has 0 spiro atoms. The van der Waals surface area contributed by atoms with E-state index >= 15 is 0 Å². The van der Waals surface area contributed by atoms with E-state index in [1.54, 1.807) is 10.7 Å². The van der Waals surface area contributed by atoms with Gasteiger partial charge in [-0.15, -0.1) is 5.16 Å². The smallest absolute Gasteiger partial charge is 0.159 e. The van der Waals surface area contributed by atoms with Crippen molar-refractivity contribution < 1.29 is 5.21 Å². The van der Waals surface area contributed by atoms with Crippen LogP contribution in [0.3, 0.4) is 0 Å². The van der Waals surface area contributed by atoms with Gasteiger partial charge in [0.05, 0.1) is 0 Å². The van der Waals surface area contributed by atoms with E-state index in [-0.39, 0.29) is 0 Å². The second-order valence-electron chi connectivity index (χ2n) is 4.16. The zero-order valence-electron chi connectivity index (χ0n) is 8.91. The van der Waals surface area contributed by atoms with Crippen molar-refractivity contribution in [3.05, 3.63) is 29.7 Å². The molecular formula is C11H12N4O. The maximum Gasteiger partial charge on any atom is 0.159 e. The van der Waals surface area contributed by atoms with Crippen LogP contribution < -0.4 is 0 Å². The molecule has 2 heterocycles. The van der Waals surface area contributed by atoms with Gasteiger partial charge >= 0.3 is 0 Å². The first-order chi connectivity index (χ1) is 7.79. The average Bonchev–Trinajstić information content (AvgIpc) is 2.90. The van der Waals surface area contributed by atoms with Crippen LogP contribution in [0.25, 0.3) is 5.65 Å². The molecule has 82 valence electrons. The van der Waals surface area contributed by atoms with E-state index in [2.05, 4.69) is 21.3 Å². The number of aryl methyl sites for hydroxylation is 1. The Morgan fingerprint density at radius 3 is 3.31 bits per heavy atom. The summed E-state index contributed by atoms with van der Waals surface area (Å²) in [6, 6.07) is 4.04. The Hall–Kier alpha value is -1.91. The largest absolute Gasteiger partial charge is 0.411 e. The van der Waals surface area contributed by atoms with Gasteiger partial charge in [-0.25, -0.2) is 9.50 Å². The van der Waals surface area contributed by atoms with Crippen molar-refractivity contribution >= 4 is 11.9 Å². The van der Waals surface area contributed by atoms with Crippen LogP contribution in [0.1, 0.15) is 23.7 Å². The van der Waals surface area contributed by atoms with Crippen molar-refractivity contribution in [2.45, 2.75) is 19.3 Å². The molecule has 0 aliphatic heterocycles. The summed E-state index contributed by atoms with van der Waals surface area (Å²) < 4.78 is 1.80. The molecule has 0 amide bonds. The van der Waals surface area contributed by atoms with Crippen LogP contribution in [0.4, 0.5) is 0 Å². The predicted molar refractivity (Wildman–Crippen MR) is 58.9 cm³/mol. The van der Waals surface area contributed by atoms with E-state index in [1.807, 2.05) is 19.2 Å². The molecule has 0 radical (unpaired) electrons. The minimum atomic E-state index is 0.341. The molecule has 1 fully saturated rings. The molecule has 3 rings (SSSR count). The fourth-order valence-corrected chi connectivity index (χ4v) is 2.15. The lowest BCUT2D eigenvalue weighted by atomic mass is 10.1. The van der Waals surface area contributed by atoms with Gasteiger partial charge in [-0.1, -0.05) is 6.07 Å². The van der Waals surface area contributed by atoms with Crippen molar-refractivity contribution in [3.63, 3.8) is 0 Å². The Bertz CT molecular complexity index is 560. The van der Waals surface area contributed by atoms with Gasteiger partial charge in [-0.05, 0) is 25.3 Å². The topological polar surface area (TPSA) is 62.8 Å². The average molecular weight is 216 g/mol. The van der Waals surface area contributed by atoms with Crippen molar-refractivity contribution in [2.75, 3.05) is 0 Å². The lowest BCUT2D eigenvalue weighted by molar-refractivity contribution is 0.320. The van der Waals surface area contributed by atoms with Gasteiger partial charge in [0.15, 0.2) is 5.65 Å². The van der Waals surface area contributed by atoms with Gasteiger partial charge in [0.2, 0.25) is 0 Å². The first-order valence-electron chi connectivity index (χ1n) is 5.29. The maximum absolute atomic E-state index is 8.50. The van der Waals surface area contributed by atoms with E-state index in [4.69, 9.17) is 5.21 Å². The van der Waals surface area contributed by atoms with Gasteiger partial charge in [0.25, 0.3) is 0 Å². The van der Waals surface area contributed by atoms with E-state index in [1.165, 1.54) is 5.56 Å². The number of aromatic nitrogens is 3. The monoisotopic (exact) mass is 216 g/mol. The molecule has 2 atom stereocenters. The van der Waals surface area contributed by atoms with E-state index in [0.717, 1.165) is 17.9 Å². The summed E-state index contributed by atoms with van der Waals surface area (Å²) in [6.07, 6.45) is 4.52. The molecule has 2 aromatic rings. The third-order valence-corrected chi connectivity index (χ3v) is 3.00. The standard InChI is InChI=1S/C11H12N4O/c1-7-13-11-9(3-2-4-15(11)14-7)10-5-8(10)6-12-16/h2-4,6,8,10,16H,5H2,1H3. The molecule has 2 aromatic heterocycles. The van der Waals surface area contributed by atoms with Gasteiger partial charge in [-0.3, -0.25) is 0 Å². The molecule has 2 unspecified atom stereocenters. The van der Waals surface area contributed by atoms with Crippen LogP contribution in [0.15, 0.2) is 23.5 Å². The molecule has 0 bridgehead atoms. The van der Waals surface area contributed by atoms with Gasteiger partial charge in [0, 0.05) is 23.9 Å². The highest BCUT2D eigenvalue weighted by Gasteiger charge is 2.38. The minimum absolute atomic E-state index is 0.341. The fourth-order valence-electron chi connectivity index (χ4n) is 2.15. The number of oxime groups is 1. The number of pyridine rings is 1. The van der Waals surface area contributed by atoms with Crippen LogP contribution in [0.5, 0.6) is 0 Å². The summed E-state index contributed by atoms with van der Waals surface area (Å²) in [7, 11) is 0. The highest BCUT2D eigenvalue weighted by molar-refractivity contribution is 5.68. The predicted octanol–water partition coefficient (Wildman–Crippen LogP) is 1.60. The van der Waals surface area contributed by atoms with Crippen LogP contribution in [0.2, 0.25) is 0 Å². The van der Waals surface area contributed by atoms with Crippen LogP contribution in [-0.2, 0) is 0 Å². The zero-order valence-corrected chi connectivity index (χ0v) is 8.91. The second-order valence-corrected chi connectivity index (χ2v) is 4.16. The molecule has 5 heteroatoms. The first kappa shape index (κ1) is 9.33. The maximum atomic E-state index is 8.50. The van der Waals surface area contributed by atoms with Crippen molar-refractivity contribution in [3.8, 4) is 0 Å². The molecule has 1 aliphatic carbocycles. The van der Waals surface area contributed by atoms with Crippen molar-refractivity contribution in [1.82, 2.24) is 14.6 Å². The number of rotatable bonds is 2. The Balaban J connectivity index is 2.04. The van der Waals surface area contributed by atoms with Gasteiger partial charge in [-0.2, -0.15) is 5.10 Å². The Morgan fingerprint density at radius 1 is 1.62 bits per heavy atom. The normalized spacial score (nSPS) is 24.3. The molecule has 0 saturated heterocycles. The van der Waals surface area contributed by atoms with E-state index in [0.29, 0.717) is 11.8 Å². The summed E-state index contributed by atoms with van der Waals surface area (Å²) in [5, 5.41) is 15.9. The summed E-state index contributed by atoms with van der Waals surface area (Å²) in [4.78, 5) is 4.41. The Labute approximate surface area is 92.4 Å². The Kier molecular flexibility index (Phi) is 1.92. The third kappa shape index (κ3) is 1.36. The number of fused-ring (bicyclic) bond motifs is 1. The SMILES string of the molecule is Cc1nc2c(C3CC3C=NO)cccn2n1. The summed E-state index contributed by atoms with van der Waals surface area (Å²) in [5.74, 6) is 1.54. The van der Waals surface area contributed by atoms with Crippen molar-refractivity contribution in [1.29, 1.82) is 0 Å².